The Morgan fingerprint density at radius 1 is 1.06 bits per heavy atom. The summed E-state index contributed by atoms with van der Waals surface area (Å²) in [6.07, 6.45) is 2.47. The van der Waals surface area contributed by atoms with Gasteiger partial charge in [-0.2, -0.15) is 5.10 Å². The van der Waals surface area contributed by atoms with Crippen LogP contribution in [0.5, 0.6) is 0 Å². The van der Waals surface area contributed by atoms with Crippen LogP contribution < -0.4 is 9.73 Å². The van der Waals surface area contributed by atoms with Gasteiger partial charge in [-0.3, -0.25) is 9.10 Å². The quantitative estimate of drug-likeness (QED) is 0.376. The lowest BCUT2D eigenvalue weighted by Crippen LogP contribution is -2.29. The van der Waals surface area contributed by atoms with E-state index < -0.39 is 15.9 Å². The van der Waals surface area contributed by atoms with E-state index in [1.54, 1.807) is 42.5 Å². The third-order valence-electron chi connectivity index (χ3n) is 4.39. The number of hydrazone groups is 1. The average Bonchev–Trinajstić information content (AvgIpc) is 2.75. The second-order valence-electron chi connectivity index (χ2n) is 6.79. The monoisotopic (exact) mass is 493 g/mol. The Morgan fingerprint density at radius 2 is 1.72 bits per heavy atom. The van der Waals surface area contributed by atoms with Crippen molar-refractivity contribution >= 4 is 51.0 Å². The van der Waals surface area contributed by atoms with Gasteiger partial charge in [0.15, 0.2) is 0 Å². The van der Waals surface area contributed by atoms with Gasteiger partial charge < -0.3 is 0 Å². The van der Waals surface area contributed by atoms with E-state index in [-0.39, 0.29) is 28.1 Å². The molecule has 0 unspecified atom stereocenters. The summed E-state index contributed by atoms with van der Waals surface area (Å²) in [6.45, 7) is 0.00349. The number of halogens is 3. The molecule has 10 heteroatoms. The zero-order valence-electron chi connectivity index (χ0n) is 16.8. The van der Waals surface area contributed by atoms with Crippen LogP contribution in [0.3, 0.4) is 0 Å². The van der Waals surface area contributed by atoms with Crippen LogP contribution in [0, 0.1) is 5.82 Å². The first-order valence-electron chi connectivity index (χ1n) is 9.25. The van der Waals surface area contributed by atoms with E-state index in [1.807, 2.05) is 0 Å². The summed E-state index contributed by atoms with van der Waals surface area (Å²) in [5, 5.41) is 4.22. The molecule has 0 saturated heterocycles. The number of amides is 1. The van der Waals surface area contributed by atoms with E-state index >= 15 is 0 Å². The molecule has 0 spiro atoms. The fourth-order valence-corrected chi connectivity index (χ4v) is 4.11. The predicted molar refractivity (Wildman–Crippen MR) is 125 cm³/mol. The molecule has 0 fully saturated rings. The topological polar surface area (TPSA) is 78.8 Å². The zero-order chi connectivity index (χ0) is 23.3. The Hall–Kier alpha value is -2.94. The molecule has 3 rings (SSSR count). The molecule has 0 radical (unpaired) electrons. The molecule has 1 amide bonds. The lowest BCUT2D eigenvalue weighted by atomic mass is 10.1. The van der Waals surface area contributed by atoms with Crippen LogP contribution in [0.25, 0.3) is 0 Å². The van der Waals surface area contributed by atoms with Crippen LogP contribution in [0.1, 0.15) is 21.5 Å². The number of benzene rings is 3. The van der Waals surface area contributed by atoms with Gasteiger partial charge in [-0.15, -0.1) is 0 Å². The molecule has 166 valence electrons. The Bertz CT molecular complexity index is 1250. The molecule has 0 aliphatic carbocycles. The van der Waals surface area contributed by atoms with Crippen LogP contribution in [-0.4, -0.2) is 26.8 Å². The number of sulfonamides is 1. The van der Waals surface area contributed by atoms with Crippen LogP contribution >= 0.6 is 23.2 Å². The minimum atomic E-state index is -3.65. The summed E-state index contributed by atoms with van der Waals surface area (Å²) < 4.78 is 38.8. The number of nitrogens with one attached hydrogen (secondary N) is 1. The summed E-state index contributed by atoms with van der Waals surface area (Å²) in [4.78, 5) is 12.3. The number of carbonyl (C=O) groups excluding carboxylic acids is 1. The van der Waals surface area contributed by atoms with Crippen molar-refractivity contribution in [3.8, 4) is 0 Å². The fraction of sp³-hybridized carbons (Fsp3) is 0.0909. The Labute approximate surface area is 195 Å². The van der Waals surface area contributed by atoms with Gasteiger partial charge in [-0.05, 0) is 47.5 Å². The van der Waals surface area contributed by atoms with Gasteiger partial charge in [0.1, 0.15) is 5.82 Å². The van der Waals surface area contributed by atoms with Gasteiger partial charge in [0.05, 0.1) is 34.7 Å². The van der Waals surface area contributed by atoms with Gasteiger partial charge in [-0.1, -0.05) is 53.5 Å². The molecule has 0 heterocycles. The van der Waals surface area contributed by atoms with E-state index in [2.05, 4.69) is 10.5 Å². The lowest BCUT2D eigenvalue weighted by Gasteiger charge is -2.24. The summed E-state index contributed by atoms with van der Waals surface area (Å²) in [5.41, 5.74) is 4.24. The van der Waals surface area contributed by atoms with Crippen molar-refractivity contribution in [1.82, 2.24) is 5.43 Å². The molecular weight excluding hydrogens is 476 g/mol. The molecular formula is C22H18Cl2FN3O3S. The fourth-order valence-electron chi connectivity index (χ4n) is 2.77. The lowest BCUT2D eigenvalue weighted by molar-refractivity contribution is 0.0955. The van der Waals surface area contributed by atoms with Crippen molar-refractivity contribution in [2.75, 3.05) is 10.6 Å². The van der Waals surface area contributed by atoms with Crippen molar-refractivity contribution in [2.45, 2.75) is 6.54 Å². The van der Waals surface area contributed by atoms with Gasteiger partial charge in [0.2, 0.25) is 10.0 Å². The second-order valence-corrected chi connectivity index (χ2v) is 9.48. The molecule has 32 heavy (non-hydrogen) atoms. The predicted octanol–water partition coefficient (Wildman–Crippen LogP) is 4.86. The molecule has 0 atom stereocenters. The number of rotatable bonds is 7. The van der Waals surface area contributed by atoms with Gasteiger partial charge in [-0.25, -0.2) is 18.2 Å². The molecule has 3 aromatic carbocycles. The number of anilines is 1. The van der Waals surface area contributed by atoms with Crippen LogP contribution in [0.2, 0.25) is 10.0 Å². The standard InChI is InChI=1S/C22H18Cl2FN3O3S/c1-32(30,31)28(20-4-2-3-19(23)21(20)24)14-16-5-9-17(10-6-16)22(29)27-26-13-15-7-11-18(25)12-8-15/h2-13H,14H2,1H3,(H,27,29)/b26-13-. The van der Waals surface area contributed by atoms with Gasteiger partial charge in [0, 0.05) is 5.56 Å². The maximum Gasteiger partial charge on any atom is 0.271 e. The SMILES string of the molecule is CS(=O)(=O)N(Cc1ccc(C(=O)N/N=C\c2ccc(F)cc2)cc1)c1cccc(Cl)c1Cl. The Kier molecular flexibility index (Phi) is 7.50. The molecule has 0 bridgehead atoms. The van der Waals surface area contributed by atoms with Crippen molar-refractivity contribution in [3.05, 3.63) is 99.3 Å². The molecule has 6 nitrogen and oxygen atoms in total. The van der Waals surface area contributed by atoms with E-state index in [0.29, 0.717) is 16.7 Å². The van der Waals surface area contributed by atoms with Crippen molar-refractivity contribution in [3.63, 3.8) is 0 Å². The summed E-state index contributed by atoms with van der Waals surface area (Å²) in [6, 6.07) is 16.8. The highest BCUT2D eigenvalue weighted by molar-refractivity contribution is 7.92. The average molecular weight is 494 g/mol. The van der Waals surface area contributed by atoms with Crippen LogP contribution in [0.4, 0.5) is 10.1 Å². The normalized spacial score (nSPS) is 11.5. The smallest absolute Gasteiger partial charge is 0.267 e. The largest absolute Gasteiger partial charge is 0.271 e. The first-order chi connectivity index (χ1) is 15.1. The van der Waals surface area contributed by atoms with E-state index in [4.69, 9.17) is 23.2 Å². The van der Waals surface area contributed by atoms with Crippen molar-refractivity contribution < 1.29 is 17.6 Å². The van der Waals surface area contributed by atoms with E-state index in [0.717, 1.165) is 10.6 Å². The zero-order valence-corrected chi connectivity index (χ0v) is 19.1. The Morgan fingerprint density at radius 3 is 2.34 bits per heavy atom. The van der Waals surface area contributed by atoms with Gasteiger partial charge >= 0.3 is 0 Å². The first kappa shape index (κ1) is 23.7. The molecule has 1 N–H and O–H groups in total. The third-order valence-corrected chi connectivity index (χ3v) is 6.33. The molecule has 0 aromatic heterocycles. The maximum absolute atomic E-state index is 12.9. The Balaban J connectivity index is 1.71. The van der Waals surface area contributed by atoms with Crippen LogP contribution in [-0.2, 0) is 16.6 Å². The highest BCUT2D eigenvalue weighted by Crippen LogP contribution is 2.34. The van der Waals surface area contributed by atoms with Crippen LogP contribution in [0.15, 0.2) is 71.8 Å². The molecule has 0 saturated carbocycles. The summed E-state index contributed by atoms with van der Waals surface area (Å²) in [5.74, 6) is -0.814. The molecule has 3 aromatic rings. The van der Waals surface area contributed by atoms with Gasteiger partial charge in [0.25, 0.3) is 5.91 Å². The third kappa shape index (κ3) is 6.06. The highest BCUT2D eigenvalue weighted by atomic mass is 35.5. The summed E-state index contributed by atoms with van der Waals surface area (Å²) >= 11 is 12.2. The van der Waals surface area contributed by atoms with E-state index in [1.165, 1.54) is 30.5 Å². The number of nitrogens with zero attached hydrogens (tertiary/aromatic N) is 2. The number of hydrogen-bond acceptors (Lipinski definition) is 4. The summed E-state index contributed by atoms with van der Waals surface area (Å²) in [7, 11) is -3.65. The first-order valence-corrected chi connectivity index (χ1v) is 11.9. The minimum Gasteiger partial charge on any atom is -0.267 e. The maximum atomic E-state index is 12.9. The minimum absolute atomic E-state index is 0.00349. The molecule has 0 aliphatic rings. The second kappa shape index (κ2) is 10.1. The highest BCUT2D eigenvalue weighted by Gasteiger charge is 2.21. The van der Waals surface area contributed by atoms with E-state index in [9.17, 15) is 17.6 Å². The molecule has 0 aliphatic heterocycles. The van der Waals surface area contributed by atoms with Crippen molar-refractivity contribution in [2.24, 2.45) is 5.10 Å². The number of hydrogen-bond donors (Lipinski definition) is 1. The van der Waals surface area contributed by atoms with Crippen molar-refractivity contribution in [1.29, 1.82) is 0 Å². The number of carbonyl (C=O) groups is 1.